The van der Waals surface area contributed by atoms with Crippen molar-refractivity contribution in [3.05, 3.63) is 59.1 Å². The Morgan fingerprint density at radius 2 is 1.95 bits per heavy atom. The average Bonchev–Trinajstić information content (AvgIpc) is 2.53. The minimum absolute atomic E-state index is 0.0823. The molecule has 0 aliphatic heterocycles. The van der Waals surface area contributed by atoms with Crippen LogP contribution in [-0.4, -0.2) is 19.6 Å². The second-order valence-corrected chi connectivity index (χ2v) is 5.24. The van der Waals surface area contributed by atoms with Crippen LogP contribution in [0.2, 0.25) is 5.02 Å². The molecule has 1 amide bonds. The number of carbonyl (C=O) groups excluding carboxylic acids is 1. The van der Waals surface area contributed by atoms with Crippen LogP contribution in [0, 0.1) is 0 Å². The maximum Gasteiger partial charge on any atom is 0.225 e. The summed E-state index contributed by atoms with van der Waals surface area (Å²) in [7, 11) is 1.56. The predicted octanol–water partition coefficient (Wildman–Crippen LogP) is 3.47. The molecule has 0 bridgehead atoms. The number of rotatable bonds is 7. The van der Waals surface area contributed by atoms with Crippen LogP contribution < -0.4 is 15.4 Å². The summed E-state index contributed by atoms with van der Waals surface area (Å²) in [4.78, 5) is 12.0. The molecule has 0 aliphatic rings. The number of benzene rings is 2. The Balaban J connectivity index is 1.77. The van der Waals surface area contributed by atoms with Gasteiger partial charge in [-0.2, -0.15) is 0 Å². The highest BCUT2D eigenvalue weighted by molar-refractivity contribution is 6.31. The van der Waals surface area contributed by atoms with Crippen molar-refractivity contribution in [1.29, 1.82) is 0 Å². The summed E-state index contributed by atoms with van der Waals surface area (Å²) in [6, 6.07) is 15.2. The summed E-state index contributed by atoms with van der Waals surface area (Å²) in [6.45, 7) is 1.35. The molecule has 0 saturated carbocycles. The molecule has 0 heterocycles. The highest BCUT2D eigenvalue weighted by Crippen LogP contribution is 2.27. The van der Waals surface area contributed by atoms with Crippen LogP contribution in [0.1, 0.15) is 12.0 Å². The van der Waals surface area contributed by atoms with E-state index in [0.717, 1.165) is 6.54 Å². The van der Waals surface area contributed by atoms with E-state index in [1.165, 1.54) is 5.56 Å². The van der Waals surface area contributed by atoms with Crippen molar-refractivity contribution in [2.24, 2.45) is 0 Å². The number of nitrogens with one attached hydrogen (secondary N) is 2. The van der Waals surface area contributed by atoms with Gasteiger partial charge in [-0.3, -0.25) is 4.79 Å². The number of carbonyl (C=O) groups is 1. The van der Waals surface area contributed by atoms with Gasteiger partial charge in [-0.1, -0.05) is 41.9 Å². The van der Waals surface area contributed by atoms with Gasteiger partial charge in [-0.15, -0.1) is 0 Å². The van der Waals surface area contributed by atoms with E-state index in [9.17, 15) is 4.79 Å². The SMILES string of the molecule is COc1ccc(Cl)cc1NC(=O)CCNCc1ccccc1. The molecule has 0 radical (unpaired) electrons. The number of halogens is 1. The van der Waals surface area contributed by atoms with Crippen LogP contribution >= 0.6 is 11.6 Å². The first-order chi connectivity index (χ1) is 10.7. The smallest absolute Gasteiger partial charge is 0.225 e. The van der Waals surface area contributed by atoms with E-state index in [4.69, 9.17) is 16.3 Å². The summed E-state index contributed by atoms with van der Waals surface area (Å²) in [5.41, 5.74) is 1.78. The lowest BCUT2D eigenvalue weighted by molar-refractivity contribution is -0.116. The standard InChI is InChI=1S/C17H19ClN2O2/c1-22-16-8-7-14(18)11-15(16)20-17(21)9-10-19-12-13-5-3-2-4-6-13/h2-8,11,19H,9-10,12H2,1H3,(H,20,21). The molecule has 2 rings (SSSR count). The number of amides is 1. The fraction of sp³-hybridized carbons (Fsp3) is 0.235. The number of hydrogen-bond donors (Lipinski definition) is 2. The Hall–Kier alpha value is -2.04. The van der Waals surface area contributed by atoms with Gasteiger partial charge < -0.3 is 15.4 Å². The Bertz CT molecular complexity index is 617. The summed E-state index contributed by atoms with van der Waals surface area (Å²) >= 11 is 5.93. The second kappa shape index (κ2) is 8.41. The maximum atomic E-state index is 12.0. The zero-order chi connectivity index (χ0) is 15.8. The summed E-state index contributed by atoms with van der Waals surface area (Å²) in [5.74, 6) is 0.510. The predicted molar refractivity (Wildman–Crippen MR) is 89.4 cm³/mol. The first-order valence-corrected chi connectivity index (χ1v) is 7.45. The third kappa shape index (κ3) is 5.06. The van der Waals surface area contributed by atoms with E-state index in [2.05, 4.69) is 10.6 Å². The van der Waals surface area contributed by atoms with Gasteiger partial charge in [-0.05, 0) is 23.8 Å². The molecule has 2 N–H and O–H groups in total. The molecule has 116 valence electrons. The number of methoxy groups -OCH3 is 1. The van der Waals surface area contributed by atoms with E-state index in [-0.39, 0.29) is 5.91 Å². The molecule has 2 aromatic carbocycles. The molecule has 22 heavy (non-hydrogen) atoms. The van der Waals surface area contributed by atoms with Gasteiger partial charge in [0.15, 0.2) is 0 Å². The maximum absolute atomic E-state index is 12.0. The minimum atomic E-state index is -0.0823. The van der Waals surface area contributed by atoms with E-state index < -0.39 is 0 Å². The summed E-state index contributed by atoms with van der Waals surface area (Å²) in [5, 5.41) is 6.61. The van der Waals surface area contributed by atoms with Crippen molar-refractivity contribution in [2.75, 3.05) is 19.0 Å². The molecule has 5 heteroatoms. The quantitative estimate of drug-likeness (QED) is 0.769. The van der Waals surface area contributed by atoms with Crippen LogP contribution in [0.3, 0.4) is 0 Å². The van der Waals surface area contributed by atoms with Crippen LogP contribution in [0.15, 0.2) is 48.5 Å². The lowest BCUT2D eigenvalue weighted by atomic mass is 10.2. The van der Waals surface area contributed by atoms with Crippen LogP contribution in [0.5, 0.6) is 5.75 Å². The molecule has 0 aromatic heterocycles. The van der Waals surface area contributed by atoms with E-state index in [0.29, 0.717) is 29.4 Å². The normalized spacial score (nSPS) is 10.3. The zero-order valence-electron chi connectivity index (χ0n) is 12.4. The fourth-order valence-electron chi connectivity index (χ4n) is 2.02. The van der Waals surface area contributed by atoms with E-state index >= 15 is 0 Å². The van der Waals surface area contributed by atoms with Crippen molar-refractivity contribution in [3.8, 4) is 5.75 Å². The molecule has 0 spiro atoms. The Labute approximate surface area is 135 Å². The molecular weight excluding hydrogens is 300 g/mol. The minimum Gasteiger partial charge on any atom is -0.495 e. The first-order valence-electron chi connectivity index (χ1n) is 7.07. The van der Waals surface area contributed by atoms with Crippen molar-refractivity contribution >= 4 is 23.2 Å². The number of ether oxygens (including phenoxy) is 1. The third-order valence-corrected chi connectivity index (χ3v) is 3.37. The average molecular weight is 319 g/mol. The van der Waals surface area contributed by atoms with E-state index in [1.54, 1.807) is 25.3 Å². The van der Waals surface area contributed by atoms with Gasteiger partial charge in [0, 0.05) is 24.5 Å². The monoisotopic (exact) mass is 318 g/mol. The molecule has 0 atom stereocenters. The Morgan fingerprint density at radius 1 is 1.18 bits per heavy atom. The largest absolute Gasteiger partial charge is 0.495 e. The van der Waals surface area contributed by atoms with Gasteiger partial charge in [0.05, 0.1) is 12.8 Å². The highest BCUT2D eigenvalue weighted by Gasteiger charge is 2.08. The number of anilines is 1. The molecular formula is C17H19ClN2O2. The Morgan fingerprint density at radius 3 is 2.68 bits per heavy atom. The molecule has 4 nitrogen and oxygen atoms in total. The van der Waals surface area contributed by atoms with Crippen molar-refractivity contribution in [3.63, 3.8) is 0 Å². The summed E-state index contributed by atoms with van der Waals surface area (Å²) < 4.78 is 5.20. The first kappa shape index (κ1) is 16.3. The van der Waals surface area contributed by atoms with Gasteiger partial charge in [0.2, 0.25) is 5.91 Å². The molecule has 0 saturated heterocycles. The van der Waals surface area contributed by atoms with Crippen molar-refractivity contribution in [1.82, 2.24) is 5.32 Å². The van der Waals surface area contributed by atoms with Crippen LogP contribution in [0.25, 0.3) is 0 Å². The van der Waals surface area contributed by atoms with E-state index in [1.807, 2.05) is 30.3 Å². The summed E-state index contributed by atoms with van der Waals surface area (Å²) in [6.07, 6.45) is 0.377. The molecule has 2 aromatic rings. The topological polar surface area (TPSA) is 50.4 Å². The second-order valence-electron chi connectivity index (χ2n) is 4.81. The highest BCUT2D eigenvalue weighted by atomic mass is 35.5. The zero-order valence-corrected chi connectivity index (χ0v) is 13.2. The lowest BCUT2D eigenvalue weighted by Crippen LogP contribution is -2.21. The third-order valence-electron chi connectivity index (χ3n) is 3.14. The van der Waals surface area contributed by atoms with Gasteiger partial charge >= 0.3 is 0 Å². The Kier molecular flexibility index (Phi) is 6.25. The fourth-order valence-corrected chi connectivity index (χ4v) is 2.19. The lowest BCUT2D eigenvalue weighted by Gasteiger charge is -2.11. The van der Waals surface area contributed by atoms with Gasteiger partial charge in [-0.25, -0.2) is 0 Å². The van der Waals surface area contributed by atoms with Gasteiger partial charge in [0.25, 0.3) is 0 Å². The molecule has 0 aliphatic carbocycles. The van der Waals surface area contributed by atoms with Crippen molar-refractivity contribution < 1.29 is 9.53 Å². The van der Waals surface area contributed by atoms with Crippen LogP contribution in [0.4, 0.5) is 5.69 Å². The number of hydrogen-bond acceptors (Lipinski definition) is 3. The molecule has 0 fully saturated rings. The van der Waals surface area contributed by atoms with Gasteiger partial charge in [0.1, 0.15) is 5.75 Å². The van der Waals surface area contributed by atoms with Crippen molar-refractivity contribution in [2.45, 2.75) is 13.0 Å². The molecule has 0 unspecified atom stereocenters. The van der Waals surface area contributed by atoms with Crippen LogP contribution in [-0.2, 0) is 11.3 Å².